The van der Waals surface area contributed by atoms with Gasteiger partial charge in [-0.15, -0.1) is 0 Å². The van der Waals surface area contributed by atoms with Gasteiger partial charge in [0.2, 0.25) is 5.91 Å². The molecule has 1 fully saturated rings. The lowest BCUT2D eigenvalue weighted by Gasteiger charge is -2.32. The van der Waals surface area contributed by atoms with Gasteiger partial charge in [-0.3, -0.25) is 9.59 Å². The molecule has 2 heterocycles. The summed E-state index contributed by atoms with van der Waals surface area (Å²) in [6.45, 7) is 1.06. The summed E-state index contributed by atoms with van der Waals surface area (Å²) in [6.07, 6.45) is 4.49. The minimum absolute atomic E-state index is 0.0615. The molecule has 30 heavy (non-hydrogen) atoms. The maximum atomic E-state index is 13.0. The Hall–Kier alpha value is -3.54. The number of hydrogen-bond acceptors (Lipinski definition) is 4. The van der Waals surface area contributed by atoms with Gasteiger partial charge < -0.3 is 19.5 Å². The molecule has 0 aliphatic carbocycles. The molecule has 1 unspecified atom stereocenters. The van der Waals surface area contributed by atoms with Crippen molar-refractivity contribution in [3.63, 3.8) is 0 Å². The lowest BCUT2D eigenvalue weighted by atomic mass is 9.96. The average Bonchev–Trinajstić information content (AvgIpc) is 3.34. The molecule has 0 saturated carbocycles. The summed E-state index contributed by atoms with van der Waals surface area (Å²) < 4.78 is 5.02. The number of carbonyl (C=O) groups is 2. The molecule has 1 aliphatic rings. The van der Waals surface area contributed by atoms with Gasteiger partial charge in [0, 0.05) is 25.8 Å². The highest BCUT2D eigenvalue weighted by Crippen LogP contribution is 2.31. The van der Waals surface area contributed by atoms with Crippen LogP contribution in [0.4, 0.5) is 17.1 Å². The van der Waals surface area contributed by atoms with E-state index in [0.29, 0.717) is 18.7 Å². The monoisotopic (exact) mass is 403 g/mol. The smallest absolute Gasteiger partial charge is 0.257 e. The first kappa shape index (κ1) is 19.8. The Morgan fingerprint density at radius 1 is 1.07 bits per heavy atom. The number of amides is 2. The molecule has 6 nitrogen and oxygen atoms in total. The van der Waals surface area contributed by atoms with Gasteiger partial charge >= 0.3 is 0 Å². The first-order valence-electron chi connectivity index (χ1n) is 10.1. The first-order valence-corrected chi connectivity index (χ1v) is 10.1. The summed E-state index contributed by atoms with van der Waals surface area (Å²) in [5.41, 5.74) is 3.23. The van der Waals surface area contributed by atoms with Crippen LogP contribution in [-0.4, -0.2) is 36.9 Å². The van der Waals surface area contributed by atoms with Crippen molar-refractivity contribution in [2.75, 3.05) is 30.4 Å². The van der Waals surface area contributed by atoms with Gasteiger partial charge in [-0.1, -0.05) is 30.3 Å². The average molecular weight is 403 g/mol. The Morgan fingerprint density at radius 2 is 1.83 bits per heavy atom. The number of anilines is 3. The molecule has 1 atom stereocenters. The lowest BCUT2D eigenvalue weighted by molar-refractivity contribution is -0.121. The fraction of sp³-hybridized carbons (Fsp3) is 0.250. The minimum Gasteiger partial charge on any atom is -0.472 e. The van der Waals surface area contributed by atoms with Crippen molar-refractivity contribution in [2.24, 2.45) is 5.92 Å². The van der Waals surface area contributed by atoms with Crippen molar-refractivity contribution in [3.8, 4) is 0 Å². The number of likely N-dealkylation sites (tertiary alicyclic amines) is 1. The van der Waals surface area contributed by atoms with Gasteiger partial charge in [0.15, 0.2) is 0 Å². The predicted molar refractivity (Wildman–Crippen MR) is 117 cm³/mol. The second-order valence-corrected chi connectivity index (χ2v) is 7.50. The van der Waals surface area contributed by atoms with Crippen LogP contribution >= 0.6 is 0 Å². The third-order valence-corrected chi connectivity index (χ3v) is 5.51. The summed E-state index contributed by atoms with van der Waals surface area (Å²) in [4.78, 5) is 29.4. The number of rotatable bonds is 5. The number of piperidine rings is 1. The Balaban J connectivity index is 1.47. The topological polar surface area (TPSA) is 65.8 Å². The maximum absolute atomic E-state index is 13.0. The molecule has 2 amide bonds. The number of hydrogen-bond donors (Lipinski definition) is 1. The number of carbonyl (C=O) groups excluding carboxylic acids is 2. The van der Waals surface area contributed by atoms with Crippen molar-refractivity contribution in [3.05, 3.63) is 78.8 Å². The van der Waals surface area contributed by atoms with Crippen LogP contribution in [0.5, 0.6) is 0 Å². The van der Waals surface area contributed by atoms with E-state index in [9.17, 15) is 9.59 Å². The van der Waals surface area contributed by atoms with E-state index in [1.807, 2.05) is 66.5 Å². The SMILES string of the molecule is CN(c1ccccc1)c1ccccc1NC(=O)C1CCCN(C(=O)c2ccoc2)C1. The standard InChI is InChI=1S/C24H25N3O3/c1-26(20-9-3-2-4-10-20)22-12-6-5-11-21(22)25-23(28)18-8-7-14-27(16-18)24(29)19-13-15-30-17-19/h2-6,9-13,15,17-18H,7-8,14,16H2,1H3,(H,25,28). The molecule has 154 valence electrons. The number of para-hydroxylation sites is 3. The van der Waals surface area contributed by atoms with E-state index in [1.54, 1.807) is 11.0 Å². The Morgan fingerprint density at radius 3 is 2.60 bits per heavy atom. The fourth-order valence-electron chi connectivity index (χ4n) is 3.84. The molecule has 1 N–H and O–H groups in total. The van der Waals surface area contributed by atoms with E-state index in [4.69, 9.17) is 4.42 Å². The highest BCUT2D eigenvalue weighted by Gasteiger charge is 2.29. The molecule has 1 aromatic heterocycles. The molecular weight excluding hydrogens is 378 g/mol. The third kappa shape index (κ3) is 4.22. The third-order valence-electron chi connectivity index (χ3n) is 5.51. The van der Waals surface area contributed by atoms with Crippen LogP contribution in [0.2, 0.25) is 0 Å². The zero-order valence-corrected chi connectivity index (χ0v) is 17.0. The van der Waals surface area contributed by atoms with Gasteiger partial charge in [-0.2, -0.15) is 0 Å². The molecule has 6 heteroatoms. The maximum Gasteiger partial charge on any atom is 0.257 e. The molecule has 1 saturated heterocycles. The highest BCUT2D eigenvalue weighted by molar-refractivity contribution is 5.98. The number of benzene rings is 2. The van der Waals surface area contributed by atoms with E-state index < -0.39 is 0 Å². The molecule has 1 aliphatic heterocycles. The highest BCUT2D eigenvalue weighted by atomic mass is 16.3. The number of furan rings is 1. The molecule has 0 spiro atoms. The van der Waals surface area contributed by atoms with Gasteiger partial charge in [-0.05, 0) is 43.2 Å². The second kappa shape index (κ2) is 8.86. The number of nitrogens with one attached hydrogen (secondary N) is 1. The zero-order valence-electron chi connectivity index (χ0n) is 17.0. The van der Waals surface area contributed by atoms with Gasteiger partial charge in [0.05, 0.1) is 29.1 Å². The minimum atomic E-state index is -0.246. The van der Waals surface area contributed by atoms with E-state index in [2.05, 4.69) is 5.32 Å². The fourth-order valence-corrected chi connectivity index (χ4v) is 3.84. The summed E-state index contributed by atoms with van der Waals surface area (Å²) in [6, 6.07) is 19.4. The van der Waals surface area contributed by atoms with Crippen LogP contribution < -0.4 is 10.2 Å². The zero-order chi connectivity index (χ0) is 20.9. The van der Waals surface area contributed by atoms with Crippen molar-refractivity contribution < 1.29 is 14.0 Å². The van der Waals surface area contributed by atoms with Crippen molar-refractivity contribution in [1.29, 1.82) is 0 Å². The Kier molecular flexibility index (Phi) is 5.84. The van der Waals surface area contributed by atoms with Crippen LogP contribution in [0.3, 0.4) is 0 Å². The summed E-state index contributed by atoms with van der Waals surface area (Å²) in [7, 11) is 1.98. The van der Waals surface area contributed by atoms with E-state index in [1.165, 1.54) is 12.5 Å². The summed E-state index contributed by atoms with van der Waals surface area (Å²) in [5.74, 6) is -0.399. The predicted octanol–water partition coefficient (Wildman–Crippen LogP) is 4.54. The van der Waals surface area contributed by atoms with Crippen LogP contribution in [0.25, 0.3) is 0 Å². The van der Waals surface area contributed by atoms with Crippen LogP contribution in [0.1, 0.15) is 23.2 Å². The largest absolute Gasteiger partial charge is 0.472 e. The van der Waals surface area contributed by atoms with Crippen molar-refractivity contribution >= 4 is 28.9 Å². The molecule has 4 rings (SSSR count). The van der Waals surface area contributed by atoms with Gasteiger partial charge in [-0.25, -0.2) is 0 Å². The molecule has 3 aromatic rings. The molecule has 0 bridgehead atoms. The van der Waals surface area contributed by atoms with E-state index in [-0.39, 0.29) is 17.7 Å². The van der Waals surface area contributed by atoms with Crippen molar-refractivity contribution in [1.82, 2.24) is 4.90 Å². The van der Waals surface area contributed by atoms with Crippen LogP contribution in [0, 0.1) is 5.92 Å². The Labute approximate surface area is 176 Å². The normalized spacial score (nSPS) is 16.2. The van der Waals surface area contributed by atoms with Gasteiger partial charge in [0.25, 0.3) is 5.91 Å². The lowest BCUT2D eigenvalue weighted by Crippen LogP contribution is -2.43. The van der Waals surface area contributed by atoms with Crippen LogP contribution in [0.15, 0.2) is 77.6 Å². The van der Waals surface area contributed by atoms with E-state index >= 15 is 0 Å². The molecular formula is C24H25N3O3. The summed E-state index contributed by atoms with van der Waals surface area (Å²) >= 11 is 0. The molecule has 2 aromatic carbocycles. The summed E-state index contributed by atoms with van der Waals surface area (Å²) in [5, 5.41) is 3.09. The Bertz CT molecular complexity index is 1000. The number of nitrogens with zero attached hydrogens (tertiary/aromatic N) is 2. The molecule has 0 radical (unpaired) electrons. The van der Waals surface area contributed by atoms with Crippen molar-refractivity contribution in [2.45, 2.75) is 12.8 Å². The van der Waals surface area contributed by atoms with Gasteiger partial charge in [0.1, 0.15) is 6.26 Å². The first-order chi connectivity index (χ1) is 14.6. The quantitative estimate of drug-likeness (QED) is 0.679. The van der Waals surface area contributed by atoms with Crippen LogP contribution in [-0.2, 0) is 4.79 Å². The second-order valence-electron chi connectivity index (χ2n) is 7.50. The van der Waals surface area contributed by atoms with E-state index in [0.717, 1.165) is 29.9 Å².